The molecule has 1 atom stereocenters. The fourth-order valence-corrected chi connectivity index (χ4v) is 2.21. The minimum absolute atomic E-state index is 0.157. The largest absolute Gasteiger partial charge is 0.337 e. The number of likely N-dealkylation sites (N-methyl/N-ethyl adjacent to an activating group) is 1. The number of amides is 1. The van der Waals surface area contributed by atoms with E-state index < -0.39 is 23.4 Å². The van der Waals surface area contributed by atoms with Gasteiger partial charge in [0.1, 0.15) is 0 Å². The predicted molar refractivity (Wildman–Crippen MR) is 64.3 cm³/mol. The van der Waals surface area contributed by atoms with E-state index in [0.29, 0.717) is 13.1 Å². The van der Waals surface area contributed by atoms with Crippen molar-refractivity contribution in [3.8, 4) is 0 Å². The zero-order chi connectivity index (χ0) is 14.2. The topological polar surface area (TPSA) is 23.6 Å². The maximum absolute atomic E-state index is 13.1. The van der Waals surface area contributed by atoms with Crippen LogP contribution in [-0.2, 0) is 0 Å². The van der Waals surface area contributed by atoms with Crippen LogP contribution in [0.1, 0.15) is 16.8 Å². The fourth-order valence-electron chi connectivity index (χ4n) is 2.21. The summed E-state index contributed by atoms with van der Waals surface area (Å²) in [7, 11) is 3.83. The summed E-state index contributed by atoms with van der Waals surface area (Å²) in [5.41, 5.74) is -0.157. The van der Waals surface area contributed by atoms with Crippen LogP contribution >= 0.6 is 0 Å². The van der Waals surface area contributed by atoms with Crippen LogP contribution in [0.15, 0.2) is 12.1 Å². The van der Waals surface area contributed by atoms with Crippen molar-refractivity contribution < 1.29 is 18.0 Å². The smallest absolute Gasteiger partial charge is 0.254 e. The van der Waals surface area contributed by atoms with Crippen molar-refractivity contribution in [3.05, 3.63) is 35.1 Å². The number of rotatable bonds is 2. The van der Waals surface area contributed by atoms with Crippen molar-refractivity contribution >= 4 is 5.91 Å². The molecule has 1 aliphatic heterocycles. The molecule has 104 valence electrons. The summed E-state index contributed by atoms with van der Waals surface area (Å²) in [6, 6.07) is 1.71. The van der Waals surface area contributed by atoms with E-state index in [1.165, 1.54) is 4.90 Å². The molecule has 1 amide bonds. The van der Waals surface area contributed by atoms with Crippen LogP contribution in [0.25, 0.3) is 0 Å². The Morgan fingerprint density at radius 2 is 1.84 bits per heavy atom. The molecule has 0 aliphatic carbocycles. The van der Waals surface area contributed by atoms with Crippen LogP contribution in [0.5, 0.6) is 0 Å². The lowest BCUT2D eigenvalue weighted by molar-refractivity contribution is 0.0782. The first-order chi connectivity index (χ1) is 8.90. The van der Waals surface area contributed by atoms with Gasteiger partial charge in [0, 0.05) is 24.7 Å². The fraction of sp³-hybridized carbons (Fsp3) is 0.462. The molecule has 0 radical (unpaired) electrons. The third kappa shape index (κ3) is 2.73. The number of carbonyl (C=O) groups is 1. The Labute approximate surface area is 109 Å². The highest BCUT2D eigenvalue weighted by Gasteiger charge is 2.29. The summed E-state index contributed by atoms with van der Waals surface area (Å²) in [5, 5.41) is 0. The molecule has 1 saturated heterocycles. The Bertz CT molecular complexity index is 482. The lowest BCUT2D eigenvalue weighted by atomic mass is 10.2. The Balaban J connectivity index is 2.17. The van der Waals surface area contributed by atoms with Crippen LogP contribution in [0.4, 0.5) is 13.2 Å². The average molecular weight is 272 g/mol. The molecule has 2 rings (SSSR count). The van der Waals surface area contributed by atoms with Crippen LogP contribution in [-0.4, -0.2) is 48.9 Å². The molecule has 1 fully saturated rings. The normalized spacial score (nSPS) is 19.3. The molecule has 0 spiro atoms. The molecule has 3 nitrogen and oxygen atoms in total. The van der Waals surface area contributed by atoms with Crippen molar-refractivity contribution in [2.75, 3.05) is 27.2 Å². The molecule has 1 heterocycles. The minimum atomic E-state index is -1.55. The maximum Gasteiger partial charge on any atom is 0.254 e. The monoisotopic (exact) mass is 272 g/mol. The van der Waals surface area contributed by atoms with Gasteiger partial charge in [-0.15, -0.1) is 0 Å². The second kappa shape index (κ2) is 5.21. The van der Waals surface area contributed by atoms with Crippen LogP contribution in [0.3, 0.4) is 0 Å². The van der Waals surface area contributed by atoms with E-state index in [1.54, 1.807) is 0 Å². The zero-order valence-corrected chi connectivity index (χ0v) is 10.8. The van der Waals surface area contributed by atoms with Gasteiger partial charge in [-0.3, -0.25) is 4.79 Å². The number of hydrogen-bond acceptors (Lipinski definition) is 2. The number of nitrogens with zero attached hydrogens (tertiary/aromatic N) is 2. The molecule has 6 heteroatoms. The van der Waals surface area contributed by atoms with Gasteiger partial charge in [0.2, 0.25) is 0 Å². The second-order valence-electron chi connectivity index (χ2n) is 4.91. The summed E-state index contributed by atoms with van der Waals surface area (Å²) >= 11 is 0. The lowest BCUT2D eigenvalue weighted by Crippen LogP contribution is -2.34. The summed E-state index contributed by atoms with van der Waals surface area (Å²) in [6.07, 6.45) is 0.810. The van der Waals surface area contributed by atoms with Gasteiger partial charge in [-0.25, -0.2) is 13.2 Å². The van der Waals surface area contributed by atoms with Gasteiger partial charge in [-0.05, 0) is 32.6 Å². The first-order valence-electron chi connectivity index (χ1n) is 6.00. The third-order valence-corrected chi connectivity index (χ3v) is 3.41. The summed E-state index contributed by atoms with van der Waals surface area (Å²) in [5.74, 6) is -4.70. The molecule has 0 bridgehead atoms. The van der Waals surface area contributed by atoms with Gasteiger partial charge < -0.3 is 9.80 Å². The SMILES string of the molecule is CN(C)C1CCN(C(=O)c2cc(F)c(F)c(F)c2)C1. The summed E-state index contributed by atoms with van der Waals surface area (Å²) in [6.45, 7) is 1.04. The van der Waals surface area contributed by atoms with Crippen molar-refractivity contribution in [3.63, 3.8) is 0 Å². The van der Waals surface area contributed by atoms with E-state index in [4.69, 9.17) is 0 Å². The lowest BCUT2D eigenvalue weighted by Gasteiger charge is -2.20. The predicted octanol–water partition coefficient (Wildman–Crippen LogP) is 1.88. The van der Waals surface area contributed by atoms with E-state index in [1.807, 2.05) is 19.0 Å². The Morgan fingerprint density at radius 3 is 2.32 bits per heavy atom. The molecular formula is C13H15F3N2O. The van der Waals surface area contributed by atoms with Gasteiger partial charge in [0.25, 0.3) is 5.91 Å². The number of carbonyl (C=O) groups excluding carboxylic acids is 1. The molecule has 1 aliphatic rings. The molecule has 1 unspecified atom stereocenters. The van der Waals surface area contributed by atoms with Crippen LogP contribution < -0.4 is 0 Å². The number of hydrogen-bond donors (Lipinski definition) is 0. The summed E-state index contributed by atoms with van der Waals surface area (Å²) < 4.78 is 39.0. The van der Waals surface area contributed by atoms with E-state index in [9.17, 15) is 18.0 Å². The van der Waals surface area contributed by atoms with E-state index in [-0.39, 0.29) is 11.6 Å². The van der Waals surface area contributed by atoms with Crippen molar-refractivity contribution in [2.24, 2.45) is 0 Å². The average Bonchev–Trinajstić information content (AvgIpc) is 2.84. The Morgan fingerprint density at radius 1 is 1.26 bits per heavy atom. The standard InChI is InChI=1S/C13H15F3N2O/c1-17(2)9-3-4-18(7-9)13(19)8-5-10(14)12(16)11(15)6-8/h5-6,9H,3-4,7H2,1-2H3. The quantitative estimate of drug-likeness (QED) is 0.767. The van der Waals surface area contributed by atoms with Crippen molar-refractivity contribution in [1.29, 1.82) is 0 Å². The van der Waals surface area contributed by atoms with E-state index >= 15 is 0 Å². The maximum atomic E-state index is 13.1. The molecular weight excluding hydrogens is 257 g/mol. The third-order valence-electron chi connectivity index (χ3n) is 3.41. The van der Waals surface area contributed by atoms with Gasteiger partial charge in [0.15, 0.2) is 17.5 Å². The van der Waals surface area contributed by atoms with Gasteiger partial charge in [0.05, 0.1) is 0 Å². The highest BCUT2D eigenvalue weighted by molar-refractivity contribution is 5.94. The van der Waals surface area contributed by atoms with Gasteiger partial charge in [-0.2, -0.15) is 0 Å². The molecule has 1 aromatic rings. The van der Waals surface area contributed by atoms with Crippen molar-refractivity contribution in [2.45, 2.75) is 12.5 Å². The highest BCUT2D eigenvalue weighted by Crippen LogP contribution is 2.19. The first-order valence-corrected chi connectivity index (χ1v) is 6.00. The summed E-state index contributed by atoms with van der Waals surface area (Å²) in [4.78, 5) is 15.6. The van der Waals surface area contributed by atoms with Gasteiger partial charge >= 0.3 is 0 Å². The Kier molecular flexibility index (Phi) is 3.80. The van der Waals surface area contributed by atoms with Crippen LogP contribution in [0.2, 0.25) is 0 Å². The van der Waals surface area contributed by atoms with E-state index in [2.05, 4.69) is 0 Å². The number of halogens is 3. The highest BCUT2D eigenvalue weighted by atomic mass is 19.2. The van der Waals surface area contributed by atoms with Crippen LogP contribution in [0, 0.1) is 17.5 Å². The zero-order valence-electron chi connectivity index (χ0n) is 10.8. The number of likely N-dealkylation sites (tertiary alicyclic amines) is 1. The van der Waals surface area contributed by atoms with E-state index in [0.717, 1.165) is 18.6 Å². The molecule has 0 saturated carbocycles. The first kappa shape index (κ1) is 13.9. The van der Waals surface area contributed by atoms with Crippen molar-refractivity contribution in [1.82, 2.24) is 9.80 Å². The Hall–Kier alpha value is -1.56. The second-order valence-corrected chi connectivity index (χ2v) is 4.91. The van der Waals surface area contributed by atoms with Gasteiger partial charge in [-0.1, -0.05) is 0 Å². The molecule has 1 aromatic carbocycles. The minimum Gasteiger partial charge on any atom is -0.337 e. The molecule has 0 aromatic heterocycles. The molecule has 0 N–H and O–H groups in total. The molecule has 19 heavy (non-hydrogen) atoms. The number of benzene rings is 1.